The van der Waals surface area contributed by atoms with Crippen molar-refractivity contribution < 1.29 is 4.79 Å². The Morgan fingerprint density at radius 3 is 2.58 bits per heavy atom. The van der Waals surface area contributed by atoms with Gasteiger partial charge in [0.1, 0.15) is 5.69 Å². The van der Waals surface area contributed by atoms with Gasteiger partial charge in [-0.25, -0.2) is 0 Å². The molecule has 0 unspecified atom stereocenters. The Kier molecular flexibility index (Phi) is 3.23. The van der Waals surface area contributed by atoms with E-state index in [1.165, 1.54) is 32.5 Å². The molecule has 0 radical (unpaired) electrons. The summed E-state index contributed by atoms with van der Waals surface area (Å²) < 4.78 is 2.15. The fourth-order valence-electron chi connectivity index (χ4n) is 5.66. The Morgan fingerprint density at radius 1 is 1.17 bits per heavy atom. The average molecular weight is 344 g/mol. The van der Waals surface area contributed by atoms with E-state index in [0.29, 0.717) is 16.6 Å². The van der Waals surface area contributed by atoms with E-state index in [2.05, 4.69) is 9.47 Å². The van der Waals surface area contributed by atoms with Crippen molar-refractivity contribution in [2.75, 3.05) is 19.6 Å². The van der Waals surface area contributed by atoms with Gasteiger partial charge in [0.05, 0.1) is 0 Å². The number of piperidine rings is 3. The normalized spacial score (nSPS) is 34.1. The first-order chi connectivity index (χ1) is 11.6. The van der Waals surface area contributed by atoms with Crippen LogP contribution in [0.3, 0.4) is 0 Å². The molecule has 4 bridgehead atoms. The van der Waals surface area contributed by atoms with Crippen molar-refractivity contribution in [1.82, 2.24) is 9.47 Å². The van der Waals surface area contributed by atoms with E-state index in [1.54, 1.807) is 0 Å². The van der Waals surface area contributed by atoms with Crippen LogP contribution in [0.25, 0.3) is 10.9 Å². The first-order valence-corrected chi connectivity index (χ1v) is 9.27. The molecule has 0 spiro atoms. The molecule has 1 aliphatic carbocycles. The summed E-state index contributed by atoms with van der Waals surface area (Å²) in [5.41, 5.74) is 7.35. The predicted octanol–water partition coefficient (Wildman–Crippen LogP) is 2.98. The zero-order valence-corrected chi connectivity index (χ0v) is 14.4. The van der Waals surface area contributed by atoms with Crippen molar-refractivity contribution in [1.29, 1.82) is 0 Å². The van der Waals surface area contributed by atoms with Gasteiger partial charge in [-0.15, -0.1) is 0 Å². The van der Waals surface area contributed by atoms with Crippen LogP contribution in [0.1, 0.15) is 23.3 Å². The molecule has 1 saturated carbocycles. The molecular weight excluding hydrogens is 322 g/mol. The van der Waals surface area contributed by atoms with E-state index in [9.17, 15) is 4.79 Å². The summed E-state index contributed by atoms with van der Waals surface area (Å²) in [6, 6.07) is 7.73. The number of benzene rings is 1. The van der Waals surface area contributed by atoms with E-state index < -0.39 is 0 Å². The highest BCUT2D eigenvalue weighted by molar-refractivity contribution is 6.31. The number of hydrogen-bond acceptors (Lipinski definition) is 2. The van der Waals surface area contributed by atoms with Gasteiger partial charge in [-0.1, -0.05) is 11.6 Å². The molecule has 5 heteroatoms. The largest absolute Gasteiger partial charge is 0.364 e. The van der Waals surface area contributed by atoms with Crippen LogP contribution in [-0.2, 0) is 6.54 Å². The standard InChI is InChI=1S/C19H22ClN3O/c20-15-1-2-17-12(5-15)6-18(19(21)24)23(17)10-16-13-3-11-4-14(16)9-22(7-11)8-13/h1-2,5-6,11,13-14,16H,3-4,7-10H2,(H2,21,24)/t11?,13-,14-,16?/m1/s1. The number of carbonyl (C=O) groups is 1. The minimum atomic E-state index is -0.352. The smallest absolute Gasteiger partial charge is 0.265 e. The van der Waals surface area contributed by atoms with Crippen LogP contribution in [0.4, 0.5) is 0 Å². The molecule has 2 atom stereocenters. The number of nitrogens with two attached hydrogens (primary N) is 1. The summed E-state index contributed by atoms with van der Waals surface area (Å²) in [4.78, 5) is 14.6. The van der Waals surface area contributed by atoms with Crippen LogP contribution in [-0.4, -0.2) is 35.0 Å². The summed E-state index contributed by atoms with van der Waals surface area (Å²) >= 11 is 6.12. The topological polar surface area (TPSA) is 51.3 Å². The second-order valence-corrected chi connectivity index (χ2v) is 8.38. The third kappa shape index (κ3) is 2.20. The lowest BCUT2D eigenvalue weighted by molar-refractivity contribution is -0.0692. The number of aromatic nitrogens is 1. The summed E-state index contributed by atoms with van der Waals surface area (Å²) in [6.45, 7) is 4.67. The van der Waals surface area contributed by atoms with Crippen LogP contribution in [0.5, 0.6) is 0 Å². The third-order valence-corrected chi connectivity index (χ3v) is 6.73. The van der Waals surface area contributed by atoms with Gasteiger partial charge in [-0.3, -0.25) is 4.79 Å². The molecule has 1 aromatic carbocycles. The second-order valence-electron chi connectivity index (χ2n) is 7.95. The summed E-state index contributed by atoms with van der Waals surface area (Å²) in [7, 11) is 0. The SMILES string of the molecule is NC(=O)c1cc2cc(Cl)ccc2n1CC1[C@@H]2CC3C[C@@H]1CN(C3)C2. The van der Waals surface area contributed by atoms with Crippen LogP contribution < -0.4 is 5.73 Å². The van der Waals surface area contributed by atoms with Crippen LogP contribution in [0.2, 0.25) is 5.02 Å². The van der Waals surface area contributed by atoms with Crippen LogP contribution >= 0.6 is 11.6 Å². The minimum absolute atomic E-state index is 0.352. The predicted molar refractivity (Wildman–Crippen MR) is 95.1 cm³/mol. The van der Waals surface area contributed by atoms with Gasteiger partial charge in [0.2, 0.25) is 0 Å². The second kappa shape index (κ2) is 5.24. The lowest BCUT2D eigenvalue weighted by Crippen LogP contribution is -2.58. The van der Waals surface area contributed by atoms with Crippen LogP contribution in [0.15, 0.2) is 24.3 Å². The molecule has 6 rings (SSSR count). The Labute approximate surface area is 146 Å². The number of hydrogen-bond donors (Lipinski definition) is 1. The first kappa shape index (κ1) is 14.8. The van der Waals surface area contributed by atoms with E-state index in [1.807, 2.05) is 24.3 Å². The summed E-state index contributed by atoms with van der Waals surface area (Å²) in [5, 5.41) is 1.70. The maximum absolute atomic E-state index is 12.0. The molecule has 2 aromatic rings. The monoisotopic (exact) mass is 343 g/mol. The van der Waals surface area contributed by atoms with Crippen molar-refractivity contribution in [2.24, 2.45) is 29.4 Å². The Hall–Kier alpha value is -1.52. The summed E-state index contributed by atoms with van der Waals surface area (Å²) in [5.74, 6) is 2.73. The van der Waals surface area contributed by atoms with Crippen molar-refractivity contribution >= 4 is 28.4 Å². The van der Waals surface area contributed by atoms with Crippen molar-refractivity contribution in [3.8, 4) is 0 Å². The number of carbonyl (C=O) groups excluding carboxylic acids is 1. The van der Waals surface area contributed by atoms with Gasteiger partial charge >= 0.3 is 0 Å². The molecule has 24 heavy (non-hydrogen) atoms. The number of fused-ring (bicyclic) bond motifs is 1. The fourth-order valence-corrected chi connectivity index (χ4v) is 5.84. The van der Waals surface area contributed by atoms with E-state index in [-0.39, 0.29) is 5.91 Å². The van der Waals surface area contributed by atoms with Crippen molar-refractivity contribution in [3.63, 3.8) is 0 Å². The number of primary amides is 1. The van der Waals surface area contributed by atoms with Crippen molar-refractivity contribution in [3.05, 3.63) is 35.0 Å². The maximum atomic E-state index is 12.0. The molecule has 3 saturated heterocycles. The number of nitrogens with zero attached hydrogens (tertiary/aromatic N) is 2. The zero-order chi connectivity index (χ0) is 16.4. The molecule has 126 valence electrons. The molecule has 2 N–H and O–H groups in total. The lowest BCUT2D eigenvalue weighted by atomic mass is 9.62. The molecular formula is C19H22ClN3O. The number of rotatable bonds is 3. The maximum Gasteiger partial charge on any atom is 0.265 e. The Balaban J connectivity index is 1.54. The van der Waals surface area contributed by atoms with Gasteiger partial charge in [0, 0.05) is 42.1 Å². The van der Waals surface area contributed by atoms with Gasteiger partial charge < -0.3 is 15.2 Å². The van der Waals surface area contributed by atoms with Gasteiger partial charge in [0.15, 0.2) is 0 Å². The first-order valence-electron chi connectivity index (χ1n) is 8.89. The molecule has 4 fully saturated rings. The van der Waals surface area contributed by atoms with Crippen LogP contribution in [0, 0.1) is 23.7 Å². The Bertz CT molecular complexity index is 799. The Morgan fingerprint density at radius 2 is 1.92 bits per heavy atom. The van der Waals surface area contributed by atoms with Gasteiger partial charge in [0.25, 0.3) is 5.91 Å². The van der Waals surface area contributed by atoms with E-state index >= 15 is 0 Å². The molecule has 3 aliphatic heterocycles. The van der Waals surface area contributed by atoms with Gasteiger partial charge in [-0.05, 0) is 60.8 Å². The van der Waals surface area contributed by atoms with Crippen molar-refractivity contribution in [2.45, 2.75) is 19.4 Å². The quantitative estimate of drug-likeness (QED) is 0.931. The highest BCUT2D eigenvalue weighted by Gasteiger charge is 2.47. The highest BCUT2D eigenvalue weighted by Crippen LogP contribution is 2.48. The minimum Gasteiger partial charge on any atom is -0.364 e. The number of halogens is 1. The third-order valence-electron chi connectivity index (χ3n) is 6.49. The van der Waals surface area contributed by atoms with E-state index in [0.717, 1.165) is 35.2 Å². The van der Waals surface area contributed by atoms with E-state index in [4.69, 9.17) is 17.3 Å². The highest BCUT2D eigenvalue weighted by atomic mass is 35.5. The molecule has 1 aromatic heterocycles. The molecule has 4 heterocycles. The zero-order valence-electron chi connectivity index (χ0n) is 13.6. The van der Waals surface area contributed by atoms with Gasteiger partial charge in [-0.2, -0.15) is 0 Å². The fraction of sp³-hybridized carbons (Fsp3) is 0.526. The molecule has 4 nitrogen and oxygen atoms in total. The summed E-state index contributed by atoms with van der Waals surface area (Å²) in [6.07, 6.45) is 2.71. The lowest BCUT2D eigenvalue weighted by Gasteiger charge is -2.56. The molecule has 1 amide bonds. The number of amides is 1. The molecule has 4 aliphatic rings. The average Bonchev–Trinajstić information content (AvgIpc) is 2.88.